The van der Waals surface area contributed by atoms with Crippen LogP contribution in [0.3, 0.4) is 0 Å². The lowest BCUT2D eigenvalue weighted by atomic mass is 10.1. The first-order valence-corrected chi connectivity index (χ1v) is 5.17. The van der Waals surface area contributed by atoms with Gasteiger partial charge in [-0.05, 0) is 12.8 Å². The van der Waals surface area contributed by atoms with Crippen molar-refractivity contribution in [2.75, 3.05) is 7.11 Å². The van der Waals surface area contributed by atoms with E-state index in [1.165, 1.54) is 26.4 Å². The van der Waals surface area contributed by atoms with Gasteiger partial charge in [-0.25, -0.2) is 4.79 Å². The van der Waals surface area contributed by atoms with Gasteiger partial charge in [-0.15, -0.1) is 0 Å². The molecule has 0 saturated heterocycles. The largest absolute Gasteiger partial charge is 0.515 e. The summed E-state index contributed by atoms with van der Waals surface area (Å²) in [5, 5.41) is 8.77. The molecule has 0 aromatic heterocycles. The molecule has 0 aliphatic rings. The SMILES string of the molecule is CCCCCCCC(=CO)C(=O)OC. The highest BCUT2D eigenvalue weighted by Crippen LogP contribution is 2.11. The molecule has 82 valence electrons. The molecule has 0 fully saturated rings. The molecule has 0 heterocycles. The number of hydrogen-bond donors (Lipinski definition) is 1. The van der Waals surface area contributed by atoms with Gasteiger partial charge >= 0.3 is 5.97 Å². The molecular weight excluding hydrogens is 180 g/mol. The highest BCUT2D eigenvalue weighted by molar-refractivity contribution is 5.87. The first-order valence-electron chi connectivity index (χ1n) is 5.17. The number of aliphatic hydroxyl groups excluding tert-OH is 1. The third-order valence-corrected chi connectivity index (χ3v) is 2.15. The van der Waals surface area contributed by atoms with Gasteiger partial charge in [0.15, 0.2) is 0 Å². The number of ether oxygens (including phenoxy) is 1. The summed E-state index contributed by atoms with van der Waals surface area (Å²) in [7, 11) is 1.32. The Morgan fingerprint density at radius 1 is 1.29 bits per heavy atom. The van der Waals surface area contributed by atoms with E-state index in [0.29, 0.717) is 12.0 Å². The zero-order valence-electron chi connectivity index (χ0n) is 9.08. The number of carbonyl (C=O) groups excluding carboxylic acids is 1. The monoisotopic (exact) mass is 200 g/mol. The maximum Gasteiger partial charge on any atom is 0.336 e. The van der Waals surface area contributed by atoms with Gasteiger partial charge in [0.2, 0.25) is 0 Å². The van der Waals surface area contributed by atoms with E-state index in [-0.39, 0.29) is 0 Å². The Hall–Kier alpha value is -0.990. The number of aliphatic hydroxyl groups is 1. The zero-order valence-corrected chi connectivity index (χ0v) is 9.08. The Bertz CT molecular complexity index is 185. The molecule has 0 radical (unpaired) electrons. The third-order valence-electron chi connectivity index (χ3n) is 2.15. The summed E-state index contributed by atoms with van der Waals surface area (Å²) in [5.41, 5.74) is 0.365. The van der Waals surface area contributed by atoms with Crippen LogP contribution in [0.4, 0.5) is 0 Å². The van der Waals surface area contributed by atoms with Crippen LogP contribution in [-0.4, -0.2) is 18.2 Å². The van der Waals surface area contributed by atoms with Gasteiger partial charge in [-0.2, -0.15) is 0 Å². The van der Waals surface area contributed by atoms with Crippen LogP contribution < -0.4 is 0 Å². The van der Waals surface area contributed by atoms with Crippen molar-refractivity contribution in [3.63, 3.8) is 0 Å². The molecule has 0 aliphatic heterocycles. The minimum Gasteiger partial charge on any atom is -0.515 e. The van der Waals surface area contributed by atoms with Crippen molar-refractivity contribution in [3.05, 3.63) is 11.8 Å². The molecule has 0 atom stereocenters. The summed E-state index contributed by atoms with van der Waals surface area (Å²) in [5.74, 6) is -0.428. The van der Waals surface area contributed by atoms with Gasteiger partial charge in [-0.1, -0.05) is 32.6 Å². The van der Waals surface area contributed by atoms with Gasteiger partial charge in [0.1, 0.15) is 0 Å². The minimum atomic E-state index is -0.428. The van der Waals surface area contributed by atoms with Crippen LogP contribution in [0.5, 0.6) is 0 Å². The molecule has 3 heteroatoms. The van der Waals surface area contributed by atoms with Gasteiger partial charge in [0, 0.05) is 0 Å². The minimum absolute atomic E-state index is 0.365. The molecule has 14 heavy (non-hydrogen) atoms. The van der Waals surface area contributed by atoms with E-state index in [1.807, 2.05) is 0 Å². The average Bonchev–Trinajstić information content (AvgIpc) is 2.22. The van der Waals surface area contributed by atoms with Crippen molar-refractivity contribution in [3.8, 4) is 0 Å². The topological polar surface area (TPSA) is 46.5 Å². The summed E-state index contributed by atoms with van der Waals surface area (Å²) < 4.78 is 4.51. The zero-order chi connectivity index (χ0) is 10.8. The standard InChI is InChI=1S/C11H20O3/c1-3-4-5-6-7-8-10(9-12)11(13)14-2/h9,12H,3-8H2,1-2H3. The lowest BCUT2D eigenvalue weighted by molar-refractivity contribution is -0.136. The summed E-state index contributed by atoms with van der Waals surface area (Å²) in [6.45, 7) is 2.16. The number of methoxy groups -OCH3 is 1. The molecule has 1 N–H and O–H groups in total. The first-order chi connectivity index (χ1) is 6.76. The Kier molecular flexibility index (Phi) is 7.99. The van der Waals surface area contributed by atoms with E-state index in [0.717, 1.165) is 19.1 Å². The molecular formula is C11H20O3. The third kappa shape index (κ3) is 5.62. The predicted octanol–water partition coefficient (Wildman–Crippen LogP) is 2.96. The first kappa shape index (κ1) is 13.0. The fourth-order valence-corrected chi connectivity index (χ4v) is 1.27. The second-order valence-electron chi connectivity index (χ2n) is 3.31. The summed E-state index contributed by atoms with van der Waals surface area (Å²) in [6.07, 6.45) is 7.12. The number of carbonyl (C=O) groups is 1. The molecule has 0 amide bonds. The number of unbranched alkanes of at least 4 members (excludes halogenated alkanes) is 4. The van der Waals surface area contributed by atoms with Crippen molar-refractivity contribution in [2.24, 2.45) is 0 Å². The van der Waals surface area contributed by atoms with E-state index in [2.05, 4.69) is 11.7 Å². The molecule has 0 rings (SSSR count). The highest BCUT2D eigenvalue weighted by atomic mass is 16.5. The van der Waals surface area contributed by atoms with Crippen LogP contribution in [0.1, 0.15) is 45.4 Å². The fourth-order valence-electron chi connectivity index (χ4n) is 1.27. The molecule has 0 unspecified atom stereocenters. The van der Waals surface area contributed by atoms with Crippen LogP contribution in [0, 0.1) is 0 Å². The maximum absolute atomic E-state index is 11.0. The lowest BCUT2D eigenvalue weighted by Gasteiger charge is -2.03. The van der Waals surface area contributed by atoms with E-state index in [1.54, 1.807) is 0 Å². The van der Waals surface area contributed by atoms with Crippen LogP contribution in [0.15, 0.2) is 11.8 Å². The molecule has 0 saturated carbocycles. The van der Waals surface area contributed by atoms with Gasteiger partial charge in [0.05, 0.1) is 18.9 Å². The second kappa shape index (κ2) is 8.60. The Morgan fingerprint density at radius 2 is 1.93 bits per heavy atom. The van der Waals surface area contributed by atoms with Crippen LogP contribution >= 0.6 is 0 Å². The molecule has 0 aliphatic carbocycles. The molecule has 0 aromatic carbocycles. The van der Waals surface area contributed by atoms with Crippen LogP contribution in [0.2, 0.25) is 0 Å². The van der Waals surface area contributed by atoms with Crippen molar-refractivity contribution in [1.82, 2.24) is 0 Å². The van der Waals surface area contributed by atoms with E-state index >= 15 is 0 Å². The number of rotatable bonds is 7. The molecule has 0 aromatic rings. The lowest BCUT2D eigenvalue weighted by Crippen LogP contribution is -2.04. The van der Waals surface area contributed by atoms with E-state index < -0.39 is 5.97 Å². The quantitative estimate of drug-likeness (QED) is 0.297. The Balaban J connectivity index is 3.59. The van der Waals surface area contributed by atoms with Crippen molar-refractivity contribution in [1.29, 1.82) is 0 Å². The van der Waals surface area contributed by atoms with Gasteiger partial charge in [-0.3, -0.25) is 0 Å². The molecule has 3 nitrogen and oxygen atoms in total. The highest BCUT2D eigenvalue weighted by Gasteiger charge is 2.08. The number of esters is 1. The van der Waals surface area contributed by atoms with Crippen molar-refractivity contribution in [2.45, 2.75) is 45.4 Å². The summed E-state index contributed by atoms with van der Waals surface area (Å²) in [4.78, 5) is 11.0. The second-order valence-corrected chi connectivity index (χ2v) is 3.31. The maximum atomic E-state index is 11.0. The van der Waals surface area contributed by atoms with E-state index in [9.17, 15) is 4.79 Å². The smallest absolute Gasteiger partial charge is 0.336 e. The Labute approximate surface area is 85.8 Å². The molecule has 0 bridgehead atoms. The van der Waals surface area contributed by atoms with Crippen LogP contribution in [-0.2, 0) is 9.53 Å². The average molecular weight is 200 g/mol. The Morgan fingerprint density at radius 3 is 2.43 bits per heavy atom. The van der Waals surface area contributed by atoms with Crippen LogP contribution in [0.25, 0.3) is 0 Å². The number of hydrogen-bond acceptors (Lipinski definition) is 3. The summed E-state index contributed by atoms with van der Waals surface area (Å²) in [6, 6.07) is 0. The van der Waals surface area contributed by atoms with Gasteiger partial charge < -0.3 is 9.84 Å². The normalized spacial score (nSPS) is 11.4. The predicted molar refractivity (Wildman–Crippen MR) is 56.1 cm³/mol. The van der Waals surface area contributed by atoms with Crippen molar-refractivity contribution >= 4 is 5.97 Å². The van der Waals surface area contributed by atoms with Gasteiger partial charge in [0.25, 0.3) is 0 Å². The fraction of sp³-hybridized carbons (Fsp3) is 0.727. The van der Waals surface area contributed by atoms with Crippen molar-refractivity contribution < 1.29 is 14.6 Å². The van der Waals surface area contributed by atoms with E-state index in [4.69, 9.17) is 5.11 Å². The molecule has 0 spiro atoms. The summed E-state index contributed by atoms with van der Waals surface area (Å²) >= 11 is 0.